The number of fused-ring (bicyclic) bond motifs is 2. The van der Waals surface area contributed by atoms with Crippen molar-refractivity contribution in [2.45, 2.75) is 39.2 Å². The van der Waals surface area contributed by atoms with E-state index in [1.807, 2.05) is 50.2 Å². The Morgan fingerprint density at radius 2 is 1.94 bits per heavy atom. The van der Waals surface area contributed by atoms with Crippen molar-refractivity contribution in [2.75, 3.05) is 12.3 Å². The van der Waals surface area contributed by atoms with Gasteiger partial charge in [0.1, 0.15) is 17.7 Å². The van der Waals surface area contributed by atoms with E-state index in [0.29, 0.717) is 12.4 Å². The summed E-state index contributed by atoms with van der Waals surface area (Å²) in [5.41, 5.74) is 12.8. The van der Waals surface area contributed by atoms with Gasteiger partial charge in [0.15, 0.2) is 0 Å². The number of carbonyl (C=O) groups is 1. The lowest BCUT2D eigenvalue weighted by Gasteiger charge is -2.20. The molecule has 5 rings (SSSR count). The van der Waals surface area contributed by atoms with Crippen molar-refractivity contribution in [2.24, 2.45) is 0 Å². The summed E-state index contributed by atoms with van der Waals surface area (Å²) in [5.74, 6) is 1.05. The largest absolute Gasteiger partial charge is 0.485 e. The zero-order valence-corrected chi connectivity index (χ0v) is 19.5. The van der Waals surface area contributed by atoms with E-state index in [-0.39, 0.29) is 18.5 Å². The molecule has 1 atom stereocenters. The summed E-state index contributed by atoms with van der Waals surface area (Å²) in [6.07, 6.45) is 3.76. The molecule has 0 amide bonds. The standard InChI is InChI=1S/C29H28N2O3/c1-3-33-28(32)17-24-18(2)6-4-9-26(24)34-27-13-12-19-10-11-20(16-25(19)27)21-7-5-8-23-22(21)14-15-31-29(23)30/h4-11,14-16,27H,3,12-13,17H2,1-2H3,(H2,30,31). The summed E-state index contributed by atoms with van der Waals surface area (Å²) in [7, 11) is 0. The van der Waals surface area contributed by atoms with E-state index < -0.39 is 0 Å². The number of aryl methyl sites for hydroxylation is 2. The first-order valence-electron chi connectivity index (χ1n) is 11.7. The third-order valence-electron chi connectivity index (χ3n) is 6.58. The van der Waals surface area contributed by atoms with Crippen LogP contribution in [0.25, 0.3) is 21.9 Å². The number of aromatic nitrogens is 1. The average molecular weight is 453 g/mol. The van der Waals surface area contributed by atoms with Gasteiger partial charge in [-0.3, -0.25) is 4.79 Å². The molecular weight excluding hydrogens is 424 g/mol. The molecule has 1 aromatic heterocycles. The van der Waals surface area contributed by atoms with Gasteiger partial charge in [0.25, 0.3) is 0 Å². The van der Waals surface area contributed by atoms with Crippen LogP contribution < -0.4 is 10.5 Å². The van der Waals surface area contributed by atoms with Crippen LogP contribution in [0.1, 0.15) is 41.7 Å². The normalized spacial score (nSPS) is 14.7. The van der Waals surface area contributed by atoms with Crippen LogP contribution in [0.2, 0.25) is 0 Å². The van der Waals surface area contributed by atoms with E-state index in [1.54, 1.807) is 6.20 Å². The van der Waals surface area contributed by atoms with Gasteiger partial charge >= 0.3 is 5.97 Å². The Kier molecular flexibility index (Phi) is 5.93. The van der Waals surface area contributed by atoms with E-state index in [9.17, 15) is 4.79 Å². The first-order chi connectivity index (χ1) is 16.5. The highest BCUT2D eigenvalue weighted by atomic mass is 16.5. The van der Waals surface area contributed by atoms with Gasteiger partial charge in [-0.2, -0.15) is 0 Å². The fraction of sp³-hybridized carbons (Fsp3) is 0.241. The molecule has 0 spiro atoms. The highest BCUT2D eigenvalue weighted by Crippen LogP contribution is 2.40. The molecule has 0 aliphatic heterocycles. The number of hydrogen-bond donors (Lipinski definition) is 1. The summed E-state index contributed by atoms with van der Waals surface area (Å²) in [5, 5.41) is 2.04. The number of nitrogen functional groups attached to an aromatic ring is 1. The Morgan fingerprint density at radius 1 is 1.09 bits per heavy atom. The van der Waals surface area contributed by atoms with Crippen molar-refractivity contribution in [3.8, 4) is 16.9 Å². The number of benzene rings is 3. The Hall–Kier alpha value is -3.86. The lowest BCUT2D eigenvalue weighted by atomic mass is 9.96. The average Bonchev–Trinajstić information content (AvgIpc) is 3.23. The number of pyridine rings is 1. The van der Waals surface area contributed by atoms with E-state index in [2.05, 4.69) is 29.2 Å². The van der Waals surface area contributed by atoms with Gasteiger partial charge in [0, 0.05) is 17.1 Å². The molecule has 34 heavy (non-hydrogen) atoms. The van der Waals surface area contributed by atoms with E-state index in [4.69, 9.17) is 15.2 Å². The number of ether oxygens (including phenoxy) is 2. The molecule has 0 saturated heterocycles. The highest BCUT2D eigenvalue weighted by molar-refractivity contribution is 6.01. The molecule has 5 nitrogen and oxygen atoms in total. The maximum absolute atomic E-state index is 12.2. The van der Waals surface area contributed by atoms with Crippen LogP contribution in [-0.2, 0) is 22.4 Å². The number of rotatable bonds is 6. The Morgan fingerprint density at radius 3 is 2.79 bits per heavy atom. The zero-order chi connectivity index (χ0) is 23.7. The van der Waals surface area contributed by atoms with E-state index in [0.717, 1.165) is 51.6 Å². The minimum absolute atomic E-state index is 0.0700. The van der Waals surface area contributed by atoms with Crippen molar-refractivity contribution in [1.29, 1.82) is 0 Å². The third kappa shape index (κ3) is 4.10. The lowest BCUT2D eigenvalue weighted by Crippen LogP contribution is -2.12. The summed E-state index contributed by atoms with van der Waals surface area (Å²) in [6, 6.07) is 20.7. The second-order valence-corrected chi connectivity index (χ2v) is 8.69. The number of nitrogens with zero attached hydrogens (tertiary/aromatic N) is 1. The second-order valence-electron chi connectivity index (χ2n) is 8.69. The molecule has 0 bridgehead atoms. The second kappa shape index (κ2) is 9.18. The molecule has 4 aromatic rings. The maximum Gasteiger partial charge on any atom is 0.310 e. The lowest BCUT2D eigenvalue weighted by molar-refractivity contribution is -0.142. The summed E-state index contributed by atoms with van der Waals surface area (Å²) in [6.45, 7) is 4.19. The van der Waals surface area contributed by atoms with Gasteiger partial charge in [0.2, 0.25) is 0 Å². The van der Waals surface area contributed by atoms with Gasteiger partial charge in [-0.25, -0.2) is 4.98 Å². The quantitative estimate of drug-likeness (QED) is 0.365. The summed E-state index contributed by atoms with van der Waals surface area (Å²) in [4.78, 5) is 16.4. The first-order valence-corrected chi connectivity index (χ1v) is 11.7. The predicted octanol–water partition coefficient (Wildman–Crippen LogP) is 5.96. The van der Waals surface area contributed by atoms with Crippen molar-refractivity contribution < 1.29 is 14.3 Å². The monoisotopic (exact) mass is 452 g/mol. The van der Waals surface area contributed by atoms with Crippen LogP contribution in [0.4, 0.5) is 5.82 Å². The molecule has 172 valence electrons. The minimum Gasteiger partial charge on any atom is -0.485 e. The first kappa shape index (κ1) is 22.0. The van der Waals surface area contributed by atoms with Gasteiger partial charge < -0.3 is 15.2 Å². The van der Waals surface area contributed by atoms with Crippen LogP contribution in [0.5, 0.6) is 5.75 Å². The number of carbonyl (C=O) groups excluding carboxylic acids is 1. The molecule has 5 heteroatoms. The molecule has 0 fully saturated rings. The van der Waals surface area contributed by atoms with Crippen molar-refractivity contribution in [3.05, 3.63) is 89.1 Å². The Balaban J connectivity index is 1.49. The fourth-order valence-corrected chi connectivity index (χ4v) is 4.86. The predicted molar refractivity (Wildman–Crippen MR) is 135 cm³/mol. The molecule has 1 heterocycles. The molecule has 1 unspecified atom stereocenters. The Bertz CT molecular complexity index is 1380. The molecule has 1 aliphatic rings. The van der Waals surface area contributed by atoms with E-state index >= 15 is 0 Å². The molecular formula is C29H28N2O3. The highest BCUT2D eigenvalue weighted by Gasteiger charge is 2.26. The van der Waals surface area contributed by atoms with Crippen LogP contribution in [0.3, 0.4) is 0 Å². The van der Waals surface area contributed by atoms with E-state index in [1.165, 1.54) is 11.1 Å². The van der Waals surface area contributed by atoms with Gasteiger partial charge in [0.05, 0.1) is 13.0 Å². The smallest absolute Gasteiger partial charge is 0.310 e. The summed E-state index contributed by atoms with van der Waals surface area (Å²) < 4.78 is 11.7. The van der Waals surface area contributed by atoms with Crippen molar-refractivity contribution >= 4 is 22.6 Å². The minimum atomic E-state index is -0.236. The topological polar surface area (TPSA) is 74.4 Å². The third-order valence-corrected chi connectivity index (χ3v) is 6.58. The Labute approximate surface area is 199 Å². The zero-order valence-electron chi connectivity index (χ0n) is 19.5. The van der Waals surface area contributed by atoms with Crippen molar-refractivity contribution in [3.63, 3.8) is 0 Å². The number of anilines is 1. The molecule has 0 saturated carbocycles. The van der Waals surface area contributed by atoms with Crippen LogP contribution in [0.15, 0.2) is 66.9 Å². The number of nitrogens with two attached hydrogens (primary N) is 1. The van der Waals surface area contributed by atoms with Crippen molar-refractivity contribution in [1.82, 2.24) is 4.98 Å². The fourth-order valence-electron chi connectivity index (χ4n) is 4.86. The van der Waals surface area contributed by atoms with Crippen LogP contribution >= 0.6 is 0 Å². The summed E-state index contributed by atoms with van der Waals surface area (Å²) >= 11 is 0. The maximum atomic E-state index is 12.2. The molecule has 2 N–H and O–H groups in total. The SMILES string of the molecule is CCOC(=O)Cc1c(C)cccc1OC1CCc2ccc(-c3cccc4c(N)nccc34)cc21. The number of hydrogen-bond acceptors (Lipinski definition) is 5. The molecule has 0 radical (unpaired) electrons. The molecule has 1 aliphatic carbocycles. The van der Waals surface area contributed by atoms with Crippen LogP contribution in [-0.4, -0.2) is 17.6 Å². The number of esters is 1. The van der Waals surface area contributed by atoms with Crippen LogP contribution in [0, 0.1) is 6.92 Å². The molecule has 3 aromatic carbocycles. The van der Waals surface area contributed by atoms with Gasteiger partial charge in [-0.05, 0) is 78.1 Å². The van der Waals surface area contributed by atoms with Gasteiger partial charge in [-0.15, -0.1) is 0 Å². The van der Waals surface area contributed by atoms with Gasteiger partial charge in [-0.1, -0.05) is 42.5 Å².